The molecule has 1 atom stereocenters. The van der Waals surface area contributed by atoms with Crippen LogP contribution in [0.3, 0.4) is 0 Å². The van der Waals surface area contributed by atoms with Crippen molar-refractivity contribution in [2.24, 2.45) is 0 Å². The molecule has 5 nitrogen and oxygen atoms in total. The van der Waals surface area contributed by atoms with Crippen LogP contribution in [0.4, 0.5) is 0 Å². The van der Waals surface area contributed by atoms with Crippen LogP contribution in [-0.4, -0.2) is 24.7 Å². The molecular formula is C18H22N2O3S. The van der Waals surface area contributed by atoms with E-state index in [-0.39, 0.29) is 6.04 Å². The van der Waals surface area contributed by atoms with E-state index in [1.165, 1.54) is 5.56 Å². The molecule has 0 radical (unpaired) electrons. The maximum atomic E-state index is 12.0. The van der Waals surface area contributed by atoms with Crippen molar-refractivity contribution >= 4 is 10.0 Å². The number of hydrogen-bond donors (Lipinski definition) is 1. The molecule has 1 heterocycles. The van der Waals surface area contributed by atoms with E-state index in [9.17, 15) is 8.42 Å². The van der Waals surface area contributed by atoms with Crippen LogP contribution < -0.4 is 9.46 Å². The second-order valence-corrected chi connectivity index (χ2v) is 8.63. The fourth-order valence-electron chi connectivity index (χ4n) is 2.78. The summed E-state index contributed by atoms with van der Waals surface area (Å²) in [6, 6.07) is 11.6. The Morgan fingerprint density at radius 2 is 2.00 bits per heavy atom. The third kappa shape index (κ3) is 3.94. The molecule has 3 rings (SSSR count). The summed E-state index contributed by atoms with van der Waals surface area (Å²) in [5.74, 6) is 0.784. The number of fused-ring (bicyclic) bond motifs is 1. The van der Waals surface area contributed by atoms with Crippen molar-refractivity contribution in [1.82, 2.24) is 9.71 Å². The van der Waals surface area contributed by atoms with Crippen molar-refractivity contribution in [2.75, 3.05) is 0 Å². The van der Waals surface area contributed by atoms with E-state index in [2.05, 4.69) is 9.71 Å². The van der Waals surface area contributed by atoms with Crippen molar-refractivity contribution < 1.29 is 13.2 Å². The van der Waals surface area contributed by atoms with E-state index in [0.717, 1.165) is 23.4 Å². The van der Waals surface area contributed by atoms with Crippen LogP contribution in [0.25, 0.3) is 0 Å². The van der Waals surface area contributed by atoms with Gasteiger partial charge in [-0.05, 0) is 62.1 Å². The van der Waals surface area contributed by atoms with Crippen LogP contribution in [0.1, 0.15) is 30.7 Å². The molecule has 0 saturated carbocycles. The summed E-state index contributed by atoms with van der Waals surface area (Å²) >= 11 is 0. The SMILES string of the molecule is CC(C)S(=O)(=O)N[C@H]1Cc2ccc(OCc3ccccn3)cc2C1. The molecule has 1 N–H and O–H groups in total. The quantitative estimate of drug-likeness (QED) is 0.872. The molecule has 0 aliphatic heterocycles. The van der Waals surface area contributed by atoms with Crippen LogP contribution in [0.2, 0.25) is 0 Å². The molecule has 2 aromatic rings. The lowest BCUT2D eigenvalue weighted by molar-refractivity contribution is 0.301. The minimum Gasteiger partial charge on any atom is -0.487 e. The molecule has 0 saturated heterocycles. The summed E-state index contributed by atoms with van der Waals surface area (Å²) in [5, 5.41) is -0.418. The lowest BCUT2D eigenvalue weighted by atomic mass is 10.1. The predicted octanol–water partition coefficient (Wildman–Crippen LogP) is 2.46. The standard InChI is InChI=1S/C18H22N2O3S/c1-13(2)24(21,22)20-17-9-14-6-7-18(11-15(14)10-17)23-12-16-5-3-4-8-19-16/h3-8,11,13,17,20H,9-10,12H2,1-2H3/t17-/m0/s1. The zero-order chi connectivity index (χ0) is 17.2. The number of sulfonamides is 1. The molecule has 1 aliphatic carbocycles. The van der Waals surface area contributed by atoms with Gasteiger partial charge in [-0.25, -0.2) is 13.1 Å². The van der Waals surface area contributed by atoms with Gasteiger partial charge < -0.3 is 4.74 Å². The van der Waals surface area contributed by atoms with E-state index in [0.29, 0.717) is 13.0 Å². The average molecular weight is 346 g/mol. The number of nitrogens with zero attached hydrogens (tertiary/aromatic N) is 1. The molecule has 1 aromatic heterocycles. The van der Waals surface area contributed by atoms with E-state index in [4.69, 9.17) is 4.74 Å². The molecular weight excluding hydrogens is 324 g/mol. The Kier molecular flexibility index (Phi) is 4.87. The Morgan fingerprint density at radius 1 is 1.21 bits per heavy atom. The number of ether oxygens (including phenoxy) is 1. The first-order chi connectivity index (χ1) is 11.4. The molecule has 0 unspecified atom stereocenters. The van der Waals surface area contributed by atoms with Crippen molar-refractivity contribution in [3.8, 4) is 5.75 Å². The number of nitrogens with one attached hydrogen (secondary N) is 1. The first-order valence-corrected chi connectivity index (χ1v) is 9.64. The van der Waals surface area contributed by atoms with Gasteiger partial charge in [0.15, 0.2) is 0 Å². The first kappa shape index (κ1) is 16.9. The van der Waals surface area contributed by atoms with Crippen molar-refractivity contribution in [3.63, 3.8) is 0 Å². The van der Waals surface area contributed by atoms with E-state index in [1.54, 1.807) is 20.0 Å². The zero-order valence-electron chi connectivity index (χ0n) is 13.9. The van der Waals surface area contributed by atoms with Gasteiger partial charge in [-0.1, -0.05) is 12.1 Å². The van der Waals surface area contributed by atoms with Gasteiger partial charge in [0.1, 0.15) is 12.4 Å². The maximum Gasteiger partial charge on any atom is 0.214 e. The van der Waals surface area contributed by atoms with Gasteiger partial charge >= 0.3 is 0 Å². The van der Waals surface area contributed by atoms with E-state index < -0.39 is 15.3 Å². The fourth-order valence-corrected chi connectivity index (χ4v) is 3.68. The third-order valence-corrected chi connectivity index (χ3v) is 6.08. The smallest absolute Gasteiger partial charge is 0.214 e. The second kappa shape index (κ2) is 6.91. The number of pyridine rings is 1. The van der Waals surface area contributed by atoms with Crippen LogP contribution in [0, 0.1) is 0 Å². The molecule has 1 aliphatic rings. The minimum absolute atomic E-state index is 0.0709. The zero-order valence-corrected chi connectivity index (χ0v) is 14.7. The highest BCUT2D eigenvalue weighted by molar-refractivity contribution is 7.90. The summed E-state index contributed by atoms with van der Waals surface area (Å²) in [6.45, 7) is 3.80. The second-order valence-electron chi connectivity index (χ2n) is 6.36. The third-order valence-electron chi connectivity index (χ3n) is 4.17. The summed E-state index contributed by atoms with van der Waals surface area (Å²) in [7, 11) is -3.25. The van der Waals surface area contributed by atoms with Gasteiger partial charge in [-0.3, -0.25) is 4.98 Å². The van der Waals surface area contributed by atoms with Crippen molar-refractivity contribution in [1.29, 1.82) is 0 Å². The molecule has 0 amide bonds. The molecule has 24 heavy (non-hydrogen) atoms. The first-order valence-electron chi connectivity index (χ1n) is 8.10. The molecule has 6 heteroatoms. The molecule has 1 aromatic carbocycles. The van der Waals surface area contributed by atoms with Gasteiger partial charge in [0.2, 0.25) is 10.0 Å². The van der Waals surface area contributed by atoms with Gasteiger partial charge in [0.25, 0.3) is 0 Å². The Labute approximate surface area is 143 Å². The summed E-state index contributed by atoms with van der Waals surface area (Å²) < 4.78 is 32.6. The van der Waals surface area contributed by atoms with Crippen LogP contribution in [-0.2, 0) is 29.5 Å². The van der Waals surface area contributed by atoms with Gasteiger partial charge in [0, 0.05) is 12.2 Å². The lowest BCUT2D eigenvalue weighted by Gasteiger charge is -2.14. The number of benzene rings is 1. The Balaban J connectivity index is 1.64. The summed E-state index contributed by atoms with van der Waals surface area (Å²) in [6.07, 6.45) is 3.16. The highest BCUT2D eigenvalue weighted by Crippen LogP contribution is 2.27. The van der Waals surface area contributed by atoms with Crippen LogP contribution in [0.5, 0.6) is 5.75 Å². The largest absolute Gasteiger partial charge is 0.487 e. The highest BCUT2D eigenvalue weighted by atomic mass is 32.2. The fraction of sp³-hybridized carbons (Fsp3) is 0.389. The molecule has 0 bridgehead atoms. The minimum atomic E-state index is -3.25. The van der Waals surface area contributed by atoms with Crippen molar-refractivity contribution in [3.05, 3.63) is 59.4 Å². The maximum absolute atomic E-state index is 12.0. The number of hydrogen-bond acceptors (Lipinski definition) is 4. The molecule has 0 fully saturated rings. The highest BCUT2D eigenvalue weighted by Gasteiger charge is 2.27. The molecule has 128 valence electrons. The Hall–Kier alpha value is -1.92. The number of rotatable bonds is 6. The lowest BCUT2D eigenvalue weighted by Crippen LogP contribution is -2.39. The number of aromatic nitrogens is 1. The van der Waals surface area contributed by atoms with E-state index >= 15 is 0 Å². The predicted molar refractivity (Wildman–Crippen MR) is 93.4 cm³/mol. The average Bonchev–Trinajstić information content (AvgIpc) is 2.94. The van der Waals surface area contributed by atoms with Gasteiger partial charge in [0.05, 0.1) is 10.9 Å². The van der Waals surface area contributed by atoms with Crippen molar-refractivity contribution in [2.45, 2.75) is 44.6 Å². The normalized spacial score (nSPS) is 17.0. The molecule has 0 spiro atoms. The van der Waals surface area contributed by atoms with Gasteiger partial charge in [-0.2, -0.15) is 0 Å². The van der Waals surface area contributed by atoms with E-state index in [1.807, 2.05) is 36.4 Å². The monoisotopic (exact) mass is 346 g/mol. The van der Waals surface area contributed by atoms with Crippen LogP contribution >= 0.6 is 0 Å². The Morgan fingerprint density at radius 3 is 2.71 bits per heavy atom. The summed E-state index contributed by atoms with van der Waals surface area (Å²) in [5.41, 5.74) is 3.20. The van der Waals surface area contributed by atoms with Gasteiger partial charge in [-0.15, -0.1) is 0 Å². The summed E-state index contributed by atoms with van der Waals surface area (Å²) in [4.78, 5) is 4.23. The Bertz CT molecular complexity index is 804. The van der Waals surface area contributed by atoms with Crippen LogP contribution in [0.15, 0.2) is 42.6 Å². The topological polar surface area (TPSA) is 68.3 Å².